The predicted octanol–water partition coefficient (Wildman–Crippen LogP) is 25.7. The number of aliphatic hydroxyl groups excluding tert-OH is 2. The largest absolute Gasteiger partial charge is 0.438 e. The van der Waals surface area contributed by atoms with Crippen LogP contribution in [-0.2, 0) is 27.1 Å². The molecule has 6 saturated carbocycles. The quantitative estimate of drug-likeness (QED) is 0.0249. The Balaban J connectivity index is 0.000000309. The highest BCUT2D eigenvalue weighted by Gasteiger charge is 2.74. The number of aliphatic hydroxyl groups is 4. The van der Waals surface area contributed by atoms with Crippen LogP contribution in [0.4, 0.5) is 52.7 Å². The van der Waals surface area contributed by atoms with Crippen LogP contribution < -0.4 is 10.6 Å². The van der Waals surface area contributed by atoms with Gasteiger partial charge in [-0.15, -0.1) is 0 Å². The lowest BCUT2D eigenvalue weighted by Crippen LogP contribution is -2.61. The second-order valence-electron chi connectivity index (χ2n) is 41.6. The van der Waals surface area contributed by atoms with Gasteiger partial charge in [0, 0.05) is 58.4 Å². The number of hydrogen-bond acceptors (Lipinski definition) is 10. The molecule has 0 aliphatic heterocycles. The smallest absolute Gasteiger partial charge is 0.414 e. The van der Waals surface area contributed by atoms with Gasteiger partial charge >= 0.3 is 35.9 Å². The van der Waals surface area contributed by atoms with E-state index in [2.05, 4.69) is 79.7 Å². The standard InChI is InChI=1S/C32H46F6O4.C32H51O3PSi2.C30H50F6O3Si2/c1-27(2,41)13-6-14-28(3,15-7-17-30(42,31(33,34)35)32(36,37)38)26-12-11-25-22(8-5-16-29(25,26)4)10-9-21-18-23(39)20-24(40)19-21;1-31(2,3)37(7,8)34-27-23-26(24-28(25-27)35-38(9,10)32(4,5)6)21-22-36(33,29-17-13-11-14-18-29)30-19-15-12-16-20-30;1-25(2,38-40(5,6)7)17-12-18-26(3,24-16-15-22-23(37)14-11-20-27(22,24)4)19-13-21-28(29(31,32)33,30(34,35)36)39-41(8,9)10/h9-10,23-26,39-42H,5-6,8,11-16,18-20H2,1-4H3;11-21,27-28H,22-25H2,1-10H3;22,24H,11-12,14-20H2,1-10H3/b22-10+;;/t23-,24-,25?,26-,28?,29+;27-,28-;22?,24-,26?,27+/m111/s1/i1D3,2D3;;1D3,2D3. The fourth-order valence-corrected chi connectivity index (χ4v) is 27.0. The lowest BCUT2D eigenvalue weighted by atomic mass is 9.55. The number of hydrogen-bond donors (Lipinski definition) is 4. The Labute approximate surface area is 738 Å². The van der Waals surface area contributed by atoms with Crippen molar-refractivity contribution in [2.45, 2.75) is 398 Å². The minimum atomic E-state index is -6.14. The van der Waals surface area contributed by atoms with Gasteiger partial charge in [-0.25, -0.2) is 0 Å². The lowest BCUT2D eigenvalue weighted by molar-refractivity contribution is -0.343. The Bertz CT molecular complexity index is 4360. The van der Waals surface area contributed by atoms with Crippen molar-refractivity contribution in [3.63, 3.8) is 0 Å². The van der Waals surface area contributed by atoms with E-state index in [9.17, 15) is 82.5 Å². The molecule has 0 saturated heterocycles. The zero-order chi connectivity index (χ0) is 102. The summed E-state index contributed by atoms with van der Waals surface area (Å²) in [5.74, 6) is 5.69. The van der Waals surface area contributed by atoms with Gasteiger partial charge in [0.05, 0.1) is 35.6 Å². The maximum atomic E-state index is 14.6. The lowest BCUT2D eigenvalue weighted by Gasteiger charge is -2.49. The molecule has 6 aliphatic carbocycles. The second kappa shape index (κ2) is 39.4. The molecule has 12 atom stereocenters. The number of allylic oxidation sites excluding steroid dienone is 4. The predicted molar refractivity (Wildman–Crippen MR) is 474 cm³/mol. The highest BCUT2D eigenvalue weighted by molar-refractivity contribution is 7.78. The van der Waals surface area contributed by atoms with E-state index in [1.807, 2.05) is 92.6 Å². The molecule has 8 rings (SSSR count). The highest BCUT2D eigenvalue weighted by atomic mass is 31.2. The maximum absolute atomic E-state index is 14.6. The van der Waals surface area contributed by atoms with Crippen LogP contribution in [0.25, 0.3) is 0 Å². The Morgan fingerprint density at radius 1 is 0.529 bits per heavy atom. The van der Waals surface area contributed by atoms with E-state index in [1.165, 1.54) is 31.1 Å². The molecule has 0 amide bonds. The van der Waals surface area contributed by atoms with E-state index in [1.54, 1.807) is 33.5 Å². The summed E-state index contributed by atoms with van der Waals surface area (Å²) in [6.07, 6.45) is -11.3. The molecule has 121 heavy (non-hydrogen) atoms. The summed E-state index contributed by atoms with van der Waals surface area (Å²) in [5.41, 5.74) is -15.7. The normalized spacial score (nSPS) is 28.1. The molecule has 27 heteroatoms. The minimum Gasteiger partial charge on any atom is -0.414 e. The van der Waals surface area contributed by atoms with Gasteiger partial charge in [-0.05, 0) is 276 Å². The third-order valence-corrected chi connectivity index (χ3v) is 41.2. The van der Waals surface area contributed by atoms with Crippen LogP contribution in [0, 0.1) is 69.0 Å². The summed E-state index contributed by atoms with van der Waals surface area (Å²) < 4.78 is 301. The average molecular weight is 1820 g/mol. The highest BCUT2D eigenvalue weighted by Crippen LogP contribution is 2.65. The van der Waals surface area contributed by atoms with Crippen molar-refractivity contribution in [3.8, 4) is 23.7 Å². The van der Waals surface area contributed by atoms with Gasteiger partial charge in [0.1, 0.15) is 12.9 Å². The van der Waals surface area contributed by atoms with Crippen molar-refractivity contribution >= 4 is 56.8 Å². The molecule has 688 valence electrons. The number of ketones is 1. The number of fused-ring (bicyclic) bond motifs is 2. The number of carbonyl (C=O) groups is 1. The number of alkyl halides is 12. The van der Waals surface area contributed by atoms with Crippen LogP contribution in [0.15, 0.2) is 95.6 Å². The molecular weight excluding hydrogens is 1660 g/mol. The minimum absolute atomic E-state index is 0.0252. The third kappa shape index (κ3) is 27.5. The first-order chi connectivity index (χ1) is 59.7. The van der Waals surface area contributed by atoms with E-state index in [0.29, 0.717) is 70.4 Å². The van der Waals surface area contributed by atoms with Crippen molar-refractivity contribution in [2.75, 3.05) is 6.16 Å². The zero-order valence-corrected chi connectivity index (χ0v) is 79.9. The topological polar surface area (TPSA) is 152 Å². The summed E-state index contributed by atoms with van der Waals surface area (Å²) in [6, 6.07) is 20.0. The molecule has 6 aliphatic rings. The number of halogens is 12. The Morgan fingerprint density at radius 3 is 1.38 bits per heavy atom. The van der Waals surface area contributed by atoms with Gasteiger partial charge in [0.15, 0.2) is 33.3 Å². The Morgan fingerprint density at radius 2 is 0.959 bits per heavy atom. The fraction of sp³-hybridized carbons (Fsp3) is 0.755. The Kier molecular flexibility index (Phi) is 28.7. The van der Waals surface area contributed by atoms with Crippen molar-refractivity contribution < 1.29 is 117 Å². The van der Waals surface area contributed by atoms with Crippen LogP contribution >= 0.6 is 7.14 Å². The van der Waals surface area contributed by atoms with Gasteiger partial charge in [-0.1, -0.05) is 190 Å². The van der Waals surface area contributed by atoms with Gasteiger partial charge in [-0.3, -0.25) is 4.79 Å². The summed E-state index contributed by atoms with van der Waals surface area (Å²) in [5, 5.41) is 42.7. The Hall–Kier alpha value is -3.61. The summed E-state index contributed by atoms with van der Waals surface area (Å²) in [7, 11) is -12.9. The number of rotatable bonds is 25. The average Bonchev–Trinajstić information content (AvgIpc) is 1.41. The molecule has 4 unspecified atom stereocenters. The maximum Gasteiger partial charge on any atom is 0.438 e. The molecule has 6 fully saturated rings. The van der Waals surface area contributed by atoms with Gasteiger partial charge < -0.3 is 42.7 Å². The molecule has 0 aromatic heterocycles. The summed E-state index contributed by atoms with van der Waals surface area (Å²) >= 11 is 0. The summed E-state index contributed by atoms with van der Waals surface area (Å²) in [4.78, 5) is 12.9. The van der Waals surface area contributed by atoms with Crippen LogP contribution in [0.5, 0.6) is 0 Å². The fourth-order valence-electron chi connectivity index (χ4n) is 19.4. The van der Waals surface area contributed by atoms with E-state index in [4.69, 9.17) is 34.2 Å². The van der Waals surface area contributed by atoms with Gasteiger partial charge in [0.2, 0.25) is 0 Å². The first kappa shape index (κ1) is 88.0. The second-order valence-corrected chi connectivity index (χ2v) is 62.9. The van der Waals surface area contributed by atoms with Crippen LogP contribution in [0.2, 0.25) is 75.5 Å². The zero-order valence-electron chi connectivity index (χ0n) is 87.0. The third-order valence-electron chi connectivity index (χ3n) is 27.2. The first-order valence-corrected chi connectivity index (χ1v) is 57.4. The van der Waals surface area contributed by atoms with E-state index >= 15 is 0 Å². The van der Waals surface area contributed by atoms with Crippen molar-refractivity contribution in [1.29, 1.82) is 0 Å². The molecule has 0 heterocycles. The molecule has 0 bridgehead atoms. The SMILES string of the molecule is CC(C)(C)[Si](C)(C)O[C@@H]1CC(=CCP(=O)(c2ccccc2)c2ccccc2)C[C@@H](O[Si](C)(C)C(C)(C)C)C1.[2H]C([2H])([2H])C(CCCC(C)(CC#CC(O[Si](C)(C)C)(C(F)(F)F)C(F)(F)F)[C@H]1CCC2C(=O)CCC[C@@]21C)(O[Si](C)(C)C)C([2H])([2H])[2H].[2H]C([2H])([2H])C(O)(CCCC(C)(CC#CC(O)(C(F)(F)F)C(F)(F)F)[C@H]1CCC2/C(=C/C=C3C[C@@H](O)C[C@H](O)C3)CCC[C@@]21C)C([2H])([2H])[2H]. The van der Waals surface area contributed by atoms with E-state index in [-0.39, 0.29) is 83.8 Å². The molecule has 2 aromatic carbocycles. The number of benzene rings is 2. The van der Waals surface area contributed by atoms with Gasteiger partial charge in [0.25, 0.3) is 0 Å². The van der Waals surface area contributed by atoms with Crippen molar-refractivity contribution in [3.05, 3.63) is 95.6 Å². The molecule has 4 N–H and O–H groups in total. The number of carbonyl (C=O) groups excluding carboxylic acids is 1. The molecule has 10 nitrogen and oxygen atoms in total. The van der Waals surface area contributed by atoms with E-state index in [0.717, 1.165) is 59.8 Å². The molecule has 2 aromatic rings. The molecular formula is C94H147F12O10PSi4. The summed E-state index contributed by atoms with van der Waals surface area (Å²) in [6.45, 7) is 26.3. The van der Waals surface area contributed by atoms with Crippen molar-refractivity contribution in [1.82, 2.24) is 0 Å². The van der Waals surface area contributed by atoms with Gasteiger partial charge in [-0.2, -0.15) is 52.7 Å². The monoisotopic (exact) mass is 1820 g/mol. The van der Waals surface area contributed by atoms with Crippen molar-refractivity contribution in [2.24, 2.45) is 45.3 Å². The number of Topliss-reactive ketones (excluding diaryl/α,β-unsaturated/α-hetero) is 1. The molecule has 0 radical (unpaired) electrons. The van der Waals surface area contributed by atoms with E-state index < -0.39 is 174 Å². The van der Waals surface area contributed by atoms with Crippen LogP contribution in [-0.4, -0.2) is 137 Å². The molecule has 0 spiro atoms. The first-order valence-electron chi connectivity index (χ1n) is 48.9. The van der Waals surface area contributed by atoms with Crippen LogP contribution in [0.3, 0.4) is 0 Å². The van der Waals surface area contributed by atoms with Crippen LogP contribution in [0.1, 0.15) is 267 Å².